The maximum atomic E-state index is 4.36. The van der Waals surface area contributed by atoms with Crippen LogP contribution in [0.4, 0.5) is 0 Å². The Hall–Kier alpha value is 0.420. The number of aryl methyl sites for hydroxylation is 1. The fourth-order valence-corrected chi connectivity index (χ4v) is 1.92. The molecule has 0 aliphatic heterocycles. The molecule has 0 N–H and O–H groups in total. The van der Waals surface area contributed by atoms with Crippen molar-refractivity contribution in [2.75, 3.05) is 0 Å². The van der Waals surface area contributed by atoms with E-state index in [1.54, 1.807) is 0 Å². The average Bonchev–Trinajstić information content (AvgIpc) is 2.41. The topological polar surface area (TPSA) is 17.8 Å². The van der Waals surface area contributed by atoms with Crippen LogP contribution in [0.2, 0.25) is 0 Å². The van der Waals surface area contributed by atoms with Gasteiger partial charge in [0.1, 0.15) is 3.70 Å². The second kappa shape index (κ2) is 6.01. The number of unbranched alkanes of at least 4 members (excludes halogenated alkanes) is 3. The van der Waals surface area contributed by atoms with Crippen LogP contribution < -0.4 is 0 Å². The van der Waals surface area contributed by atoms with E-state index < -0.39 is 0 Å². The molecule has 0 fully saturated rings. The van der Waals surface area contributed by atoms with E-state index in [2.05, 4.69) is 50.5 Å². The Balaban J connectivity index is 2.29. The predicted octanol–water partition coefficient (Wildman–Crippen LogP) is 3.83. The van der Waals surface area contributed by atoms with Crippen molar-refractivity contribution in [2.45, 2.75) is 39.2 Å². The van der Waals surface area contributed by atoms with Gasteiger partial charge < -0.3 is 0 Å². The highest BCUT2D eigenvalue weighted by atomic mass is 127. The van der Waals surface area contributed by atoms with Crippen molar-refractivity contribution in [2.24, 2.45) is 0 Å². The highest BCUT2D eigenvalue weighted by molar-refractivity contribution is 14.1. The molecule has 4 heteroatoms. The molecule has 0 bridgehead atoms. The maximum absolute atomic E-state index is 4.36. The van der Waals surface area contributed by atoms with Crippen LogP contribution in [0.1, 0.15) is 32.6 Å². The Kier molecular flexibility index (Phi) is 5.31. The van der Waals surface area contributed by atoms with Crippen LogP contribution in [-0.2, 0) is 6.54 Å². The zero-order chi connectivity index (χ0) is 9.68. The Morgan fingerprint density at radius 1 is 1.46 bits per heavy atom. The van der Waals surface area contributed by atoms with Gasteiger partial charge in [-0.25, -0.2) is 0 Å². The van der Waals surface area contributed by atoms with Gasteiger partial charge >= 0.3 is 0 Å². The number of rotatable bonds is 5. The molecular formula is C9H14BrIN2. The summed E-state index contributed by atoms with van der Waals surface area (Å²) in [5.74, 6) is 0. The van der Waals surface area contributed by atoms with E-state index in [0.717, 1.165) is 14.7 Å². The fraction of sp³-hybridized carbons (Fsp3) is 0.667. The van der Waals surface area contributed by atoms with Crippen LogP contribution in [0.3, 0.4) is 0 Å². The molecule has 0 saturated carbocycles. The third-order valence-electron chi connectivity index (χ3n) is 1.92. The minimum Gasteiger partial charge on any atom is -0.271 e. The van der Waals surface area contributed by atoms with Gasteiger partial charge in [-0.1, -0.05) is 26.2 Å². The van der Waals surface area contributed by atoms with Crippen LogP contribution >= 0.6 is 38.5 Å². The molecule has 1 rings (SSSR count). The van der Waals surface area contributed by atoms with Crippen molar-refractivity contribution in [1.29, 1.82) is 0 Å². The van der Waals surface area contributed by atoms with Gasteiger partial charge in [-0.15, -0.1) is 0 Å². The van der Waals surface area contributed by atoms with Crippen molar-refractivity contribution >= 4 is 38.5 Å². The van der Waals surface area contributed by atoms with E-state index in [-0.39, 0.29) is 0 Å². The fourth-order valence-electron chi connectivity index (χ4n) is 1.19. The van der Waals surface area contributed by atoms with Crippen LogP contribution in [0.15, 0.2) is 10.7 Å². The highest BCUT2D eigenvalue weighted by Gasteiger charge is 2.01. The summed E-state index contributed by atoms with van der Waals surface area (Å²) in [6, 6.07) is 0. The van der Waals surface area contributed by atoms with Gasteiger partial charge in [-0.05, 0) is 44.9 Å². The predicted molar refractivity (Wildman–Crippen MR) is 66.8 cm³/mol. The molecule has 0 saturated heterocycles. The largest absolute Gasteiger partial charge is 0.271 e. The van der Waals surface area contributed by atoms with E-state index in [4.69, 9.17) is 0 Å². The first-order chi connectivity index (χ1) is 6.24. The molecule has 0 unspecified atom stereocenters. The minimum absolute atomic E-state index is 1.04. The molecule has 2 nitrogen and oxygen atoms in total. The van der Waals surface area contributed by atoms with Crippen molar-refractivity contribution < 1.29 is 0 Å². The molecule has 0 spiro atoms. The Morgan fingerprint density at radius 3 is 2.77 bits per heavy atom. The summed E-state index contributed by atoms with van der Waals surface area (Å²) in [5, 5.41) is 4.36. The monoisotopic (exact) mass is 356 g/mol. The zero-order valence-corrected chi connectivity index (χ0v) is 11.5. The quantitative estimate of drug-likeness (QED) is 0.579. The molecule has 1 aromatic rings. The second-order valence-electron chi connectivity index (χ2n) is 3.09. The Bertz CT molecular complexity index is 241. The number of halogens is 2. The van der Waals surface area contributed by atoms with Crippen molar-refractivity contribution in [3.05, 3.63) is 14.4 Å². The molecule has 0 aromatic carbocycles. The average molecular weight is 357 g/mol. The van der Waals surface area contributed by atoms with Crippen LogP contribution in [-0.4, -0.2) is 9.78 Å². The number of hydrogen-bond donors (Lipinski definition) is 0. The lowest BCUT2D eigenvalue weighted by molar-refractivity contribution is 0.539. The lowest BCUT2D eigenvalue weighted by Gasteiger charge is -1.99. The number of nitrogens with zero attached hydrogens (tertiary/aromatic N) is 2. The first kappa shape index (κ1) is 11.5. The standard InChI is InChI=1S/C9H14BrIN2/c1-2-3-4-5-6-13-7-8(10)9(11)12-13/h7H,2-6H2,1H3. The number of hydrogen-bond acceptors (Lipinski definition) is 1. The summed E-state index contributed by atoms with van der Waals surface area (Å²) < 4.78 is 4.17. The molecule has 74 valence electrons. The number of aromatic nitrogens is 2. The molecule has 1 heterocycles. The van der Waals surface area contributed by atoms with E-state index in [1.165, 1.54) is 25.7 Å². The minimum atomic E-state index is 1.04. The maximum Gasteiger partial charge on any atom is 0.137 e. The summed E-state index contributed by atoms with van der Waals surface area (Å²) in [7, 11) is 0. The van der Waals surface area contributed by atoms with Crippen molar-refractivity contribution in [3.8, 4) is 0 Å². The Labute approximate surface area is 101 Å². The van der Waals surface area contributed by atoms with Gasteiger partial charge in [0.2, 0.25) is 0 Å². The van der Waals surface area contributed by atoms with E-state index >= 15 is 0 Å². The summed E-state index contributed by atoms with van der Waals surface area (Å²) in [4.78, 5) is 0. The molecule has 0 amide bonds. The van der Waals surface area contributed by atoms with Crippen LogP contribution in [0.25, 0.3) is 0 Å². The normalized spacial score (nSPS) is 10.7. The molecule has 0 atom stereocenters. The van der Waals surface area contributed by atoms with E-state index in [0.29, 0.717) is 0 Å². The zero-order valence-electron chi connectivity index (χ0n) is 7.76. The van der Waals surface area contributed by atoms with Gasteiger partial charge in [-0.3, -0.25) is 4.68 Å². The smallest absolute Gasteiger partial charge is 0.137 e. The third-order valence-corrected chi connectivity index (χ3v) is 4.03. The van der Waals surface area contributed by atoms with E-state index in [9.17, 15) is 0 Å². The van der Waals surface area contributed by atoms with Crippen LogP contribution in [0.5, 0.6) is 0 Å². The van der Waals surface area contributed by atoms with E-state index in [1.807, 2.05) is 10.9 Å². The molecule has 0 aliphatic carbocycles. The van der Waals surface area contributed by atoms with Gasteiger partial charge in [0.15, 0.2) is 0 Å². The van der Waals surface area contributed by atoms with Gasteiger partial charge in [0.25, 0.3) is 0 Å². The lowest BCUT2D eigenvalue weighted by Crippen LogP contribution is -1.98. The third kappa shape index (κ3) is 3.97. The molecular weight excluding hydrogens is 343 g/mol. The Morgan fingerprint density at radius 2 is 2.23 bits per heavy atom. The first-order valence-corrected chi connectivity index (χ1v) is 6.49. The first-order valence-electron chi connectivity index (χ1n) is 4.62. The molecule has 0 aliphatic rings. The molecule has 0 radical (unpaired) electrons. The van der Waals surface area contributed by atoms with Gasteiger partial charge in [0, 0.05) is 12.7 Å². The lowest BCUT2D eigenvalue weighted by atomic mass is 10.2. The van der Waals surface area contributed by atoms with Gasteiger partial charge in [0.05, 0.1) is 4.47 Å². The van der Waals surface area contributed by atoms with Gasteiger partial charge in [-0.2, -0.15) is 5.10 Å². The highest BCUT2D eigenvalue weighted by Crippen LogP contribution is 2.16. The summed E-state index contributed by atoms with van der Waals surface area (Å²) in [6.07, 6.45) is 7.22. The summed E-state index contributed by atoms with van der Waals surface area (Å²) in [6.45, 7) is 3.27. The second-order valence-corrected chi connectivity index (χ2v) is 4.97. The molecule has 1 aromatic heterocycles. The summed E-state index contributed by atoms with van der Waals surface area (Å²) >= 11 is 5.68. The van der Waals surface area contributed by atoms with Crippen molar-refractivity contribution in [3.63, 3.8) is 0 Å². The SMILES string of the molecule is CCCCCCn1cc(Br)c(I)n1. The summed E-state index contributed by atoms with van der Waals surface area (Å²) in [5.41, 5.74) is 0. The van der Waals surface area contributed by atoms with Crippen LogP contribution in [0, 0.1) is 3.70 Å². The molecule has 13 heavy (non-hydrogen) atoms. The van der Waals surface area contributed by atoms with Crippen molar-refractivity contribution in [1.82, 2.24) is 9.78 Å².